The van der Waals surface area contributed by atoms with Gasteiger partial charge in [0.15, 0.2) is 9.84 Å². The van der Waals surface area contributed by atoms with E-state index in [1.54, 1.807) is 30.5 Å². The first-order valence-corrected chi connectivity index (χ1v) is 9.67. The lowest BCUT2D eigenvalue weighted by atomic mass is 10.1. The van der Waals surface area contributed by atoms with Crippen LogP contribution in [0.1, 0.15) is 23.3 Å². The maximum absolute atomic E-state index is 12.4. The van der Waals surface area contributed by atoms with Crippen molar-refractivity contribution < 1.29 is 12.8 Å². The highest BCUT2D eigenvalue weighted by Gasteiger charge is 2.16. The minimum atomic E-state index is -3.32. The average molecular weight is 340 g/mol. The van der Waals surface area contributed by atoms with Gasteiger partial charge in [-0.15, -0.1) is 0 Å². The fraction of sp³-hybridized carbons (Fsp3) is 0.200. The Morgan fingerprint density at radius 3 is 2.17 bits per heavy atom. The predicted octanol–water partition coefficient (Wildman–Crippen LogP) is 4.43. The molecule has 3 nitrogen and oxygen atoms in total. The van der Waals surface area contributed by atoms with Crippen LogP contribution in [0.2, 0.25) is 0 Å². The minimum absolute atomic E-state index is 0.0286. The Balaban J connectivity index is 1.58. The maximum atomic E-state index is 12.4. The molecule has 0 bridgehead atoms. The van der Waals surface area contributed by atoms with Crippen molar-refractivity contribution in [2.24, 2.45) is 0 Å². The lowest BCUT2D eigenvalue weighted by molar-refractivity contribution is 0.500. The van der Waals surface area contributed by atoms with Gasteiger partial charge in [0.25, 0.3) is 0 Å². The van der Waals surface area contributed by atoms with Gasteiger partial charge in [0.05, 0.1) is 16.9 Å². The van der Waals surface area contributed by atoms with E-state index in [0.717, 1.165) is 25.0 Å². The molecule has 0 atom stereocenters. The lowest BCUT2D eigenvalue weighted by Crippen LogP contribution is -2.03. The Morgan fingerprint density at radius 2 is 1.46 bits per heavy atom. The number of aryl methyl sites for hydroxylation is 2. The van der Waals surface area contributed by atoms with Crippen LogP contribution >= 0.6 is 0 Å². The smallest absolute Gasteiger partial charge is 0.182 e. The van der Waals surface area contributed by atoms with Gasteiger partial charge in [-0.05, 0) is 36.6 Å². The van der Waals surface area contributed by atoms with Crippen molar-refractivity contribution in [3.63, 3.8) is 0 Å². The molecule has 0 saturated carbocycles. The fourth-order valence-electron chi connectivity index (χ4n) is 2.67. The first-order valence-electron chi connectivity index (χ1n) is 8.01. The third-order valence-corrected chi connectivity index (χ3v) is 5.60. The van der Waals surface area contributed by atoms with Gasteiger partial charge < -0.3 is 4.42 Å². The van der Waals surface area contributed by atoms with Gasteiger partial charge in [-0.3, -0.25) is 0 Å². The van der Waals surface area contributed by atoms with Crippen molar-refractivity contribution in [1.82, 2.24) is 0 Å². The minimum Gasteiger partial charge on any atom is -0.469 e. The van der Waals surface area contributed by atoms with E-state index in [-0.39, 0.29) is 5.75 Å². The van der Waals surface area contributed by atoms with E-state index in [4.69, 9.17) is 4.42 Å². The molecule has 4 heteroatoms. The summed E-state index contributed by atoms with van der Waals surface area (Å²) in [6.07, 6.45) is 4.32. The molecule has 0 aliphatic carbocycles. The van der Waals surface area contributed by atoms with E-state index in [0.29, 0.717) is 10.5 Å². The summed E-state index contributed by atoms with van der Waals surface area (Å²) in [5.74, 6) is 0.809. The Kier molecular flexibility index (Phi) is 5.16. The standard InChI is InChI=1S/C20H20O3S/c21-24(22,20-12-5-2-6-13-20)16-18-14-19(23-15-18)11-7-10-17-8-3-1-4-9-17/h1-6,8-9,12-15H,7,10-11,16H2. The van der Waals surface area contributed by atoms with Crippen molar-refractivity contribution in [2.45, 2.75) is 29.9 Å². The first kappa shape index (κ1) is 16.5. The van der Waals surface area contributed by atoms with E-state index in [1.165, 1.54) is 5.56 Å². The van der Waals surface area contributed by atoms with Crippen LogP contribution in [0.15, 0.2) is 82.3 Å². The number of benzene rings is 2. The zero-order valence-electron chi connectivity index (χ0n) is 13.4. The van der Waals surface area contributed by atoms with Crippen molar-refractivity contribution in [2.75, 3.05) is 0 Å². The molecule has 1 heterocycles. The molecule has 1 aromatic heterocycles. The van der Waals surface area contributed by atoms with E-state index in [9.17, 15) is 8.42 Å². The average Bonchev–Trinajstić information content (AvgIpc) is 3.03. The second-order valence-electron chi connectivity index (χ2n) is 5.83. The molecule has 0 fully saturated rings. The molecule has 0 spiro atoms. The van der Waals surface area contributed by atoms with Crippen LogP contribution in [-0.4, -0.2) is 8.42 Å². The van der Waals surface area contributed by atoms with Gasteiger partial charge in [-0.2, -0.15) is 0 Å². The zero-order chi connectivity index (χ0) is 16.8. The van der Waals surface area contributed by atoms with Gasteiger partial charge in [-0.25, -0.2) is 8.42 Å². The predicted molar refractivity (Wildman–Crippen MR) is 94.5 cm³/mol. The van der Waals surface area contributed by atoms with Crippen LogP contribution in [0.5, 0.6) is 0 Å². The summed E-state index contributed by atoms with van der Waals surface area (Å²) >= 11 is 0. The second kappa shape index (κ2) is 7.49. The largest absolute Gasteiger partial charge is 0.469 e. The van der Waals surface area contributed by atoms with E-state index >= 15 is 0 Å². The second-order valence-corrected chi connectivity index (χ2v) is 7.82. The Labute approximate surface area is 142 Å². The zero-order valence-corrected chi connectivity index (χ0v) is 14.2. The molecule has 2 aromatic carbocycles. The topological polar surface area (TPSA) is 47.3 Å². The van der Waals surface area contributed by atoms with Crippen LogP contribution in [-0.2, 0) is 28.4 Å². The van der Waals surface area contributed by atoms with Gasteiger partial charge in [-0.1, -0.05) is 48.5 Å². The van der Waals surface area contributed by atoms with Crippen LogP contribution < -0.4 is 0 Å². The normalized spacial score (nSPS) is 11.5. The number of sulfone groups is 1. The summed E-state index contributed by atoms with van der Waals surface area (Å²) in [4.78, 5) is 0.344. The van der Waals surface area contributed by atoms with Gasteiger partial charge in [0.2, 0.25) is 0 Å². The molecule has 0 aliphatic heterocycles. The highest BCUT2D eigenvalue weighted by Crippen LogP contribution is 2.19. The molecule has 0 radical (unpaired) electrons. The highest BCUT2D eigenvalue weighted by atomic mass is 32.2. The molecular weight excluding hydrogens is 320 g/mol. The van der Waals surface area contributed by atoms with Crippen LogP contribution in [0.25, 0.3) is 0 Å². The van der Waals surface area contributed by atoms with Crippen LogP contribution in [0.3, 0.4) is 0 Å². The molecule has 24 heavy (non-hydrogen) atoms. The maximum Gasteiger partial charge on any atom is 0.182 e. The van der Waals surface area contributed by atoms with Gasteiger partial charge in [0, 0.05) is 12.0 Å². The van der Waals surface area contributed by atoms with E-state index < -0.39 is 9.84 Å². The summed E-state index contributed by atoms with van der Waals surface area (Å²) in [6.45, 7) is 0. The molecule has 124 valence electrons. The van der Waals surface area contributed by atoms with E-state index in [1.807, 2.05) is 30.3 Å². The van der Waals surface area contributed by atoms with Crippen LogP contribution in [0.4, 0.5) is 0 Å². The third-order valence-electron chi connectivity index (χ3n) is 3.90. The molecule has 3 aromatic rings. The quantitative estimate of drug-likeness (QED) is 0.639. The summed E-state index contributed by atoms with van der Waals surface area (Å²) in [5.41, 5.74) is 2.00. The number of hydrogen-bond donors (Lipinski definition) is 0. The fourth-order valence-corrected chi connectivity index (χ4v) is 4.00. The van der Waals surface area contributed by atoms with E-state index in [2.05, 4.69) is 12.1 Å². The van der Waals surface area contributed by atoms with Crippen molar-refractivity contribution in [3.05, 3.63) is 89.9 Å². The number of hydrogen-bond acceptors (Lipinski definition) is 3. The van der Waals surface area contributed by atoms with Crippen molar-refractivity contribution in [3.8, 4) is 0 Å². The third kappa shape index (κ3) is 4.36. The molecule has 3 rings (SSSR count). The van der Waals surface area contributed by atoms with Crippen molar-refractivity contribution in [1.29, 1.82) is 0 Å². The molecule has 0 amide bonds. The molecule has 0 saturated heterocycles. The first-order chi connectivity index (χ1) is 11.6. The monoisotopic (exact) mass is 340 g/mol. The van der Waals surface area contributed by atoms with Crippen LogP contribution in [0, 0.1) is 0 Å². The van der Waals surface area contributed by atoms with Gasteiger partial charge in [0.1, 0.15) is 5.76 Å². The highest BCUT2D eigenvalue weighted by molar-refractivity contribution is 7.90. The Hall–Kier alpha value is -2.33. The summed E-state index contributed by atoms with van der Waals surface area (Å²) in [6, 6.07) is 20.7. The summed E-state index contributed by atoms with van der Waals surface area (Å²) in [7, 11) is -3.32. The molecule has 0 N–H and O–H groups in total. The summed E-state index contributed by atoms with van der Waals surface area (Å²) in [5, 5.41) is 0. The van der Waals surface area contributed by atoms with Gasteiger partial charge >= 0.3 is 0 Å². The Bertz CT molecular complexity index is 866. The SMILES string of the molecule is O=S(=O)(Cc1coc(CCCc2ccccc2)c1)c1ccccc1. The number of furan rings is 1. The Morgan fingerprint density at radius 1 is 0.792 bits per heavy atom. The molecule has 0 aliphatic rings. The number of rotatable bonds is 7. The molecular formula is C20H20O3S. The lowest BCUT2D eigenvalue weighted by Gasteiger charge is -2.01. The van der Waals surface area contributed by atoms with Crippen molar-refractivity contribution >= 4 is 9.84 Å². The molecule has 0 unspecified atom stereocenters. The summed E-state index contributed by atoms with van der Waals surface area (Å²) < 4.78 is 30.3.